The highest BCUT2D eigenvalue weighted by Crippen LogP contribution is 2.23. The number of likely N-dealkylation sites (N-methyl/N-ethyl adjacent to an activating group) is 1. The first kappa shape index (κ1) is 13.5. The first-order chi connectivity index (χ1) is 7.54. The van der Waals surface area contributed by atoms with E-state index in [1.54, 1.807) is 0 Å². The zero-order valence-electron chi connectivity index (χ0n) is 10.9. The highest BCUT2D eigenvalue weighted by atomic mass is 16.5. The van der Waals surface area contributed by atoms with E-state index < -0.39 is 5.54 Å². The van der Waals surface area contributed by atoms with E-state index in [4.69, 9.17) is 4.74 Å². The third-order valence-electron chi connectivity index (χ3n) is 3.39. The van der Waals surface area contributed by atoms with Crippen molar-refractivity contribution in [3.05, 3.63) is 0 Å². The summed E-state index contributed by atoms with van der Waals surface area (Å²) in [5.74, 6) is -0.126. The van der Waals surface area contributed by atoms with Gasteiger partial charge in [0.15, 0.2) is 0 Å². The summed E-state index contributed by atoms with van der Waals surface area (Å²) in [5, 5.41) is 3.45. The molecular formula is C12H24N2O2. The summed E-state index contributed by atoms with van der Waals surface area (Å²) in [5.41, 5.74) is -0.503. The zero-order chi connectivity index (χ0) is 12.2. The van der Waals surface area contributed by atoms with Gasteiger partial charge < -0.3 is 9.64 Å². The van der Waals surface area contributed by atoms with Crippen LogP contribution in [0, 0.1) is 0 Å². The molecule has 16 heavy (non-hydrogen) atoms. The Morgan fingerprint density at radius 3 is 2.81 bits per heavy atom. The smallest absolute Gasteiger partial charge is 0.327 e. The van der Waals surface area contributed by atoms with E-state index in [-0.39, 0.29) is 5.97 Å². The van der Waals surface area contributed by atoms with Gasteiger partial charge in [-0.3, -0.25) is 10.1 Å². The van der Waals surface area contributed by atoms with Gasteiger partial charge in [0.2, 0.25) is 0 Å². The SMILES string of the molecule is CCC(C)NC1(C(=O)OC)CCCN(C)C1. The molecule has 1 heterocycles. The van der Waals surface area contributed by atoms with Gasteiger partial charge in [-0.1, -0.05) is 6.92 Å². The van der Waals surface area contributed by atoms with E-state index >= 15 is 0 Å². The summed E-state index contributed by atoms with van der Waals surface area (Å²) in [7, 11) is 3.52. The van der Waals surface area contributed by atoms with Crippen molar-refractivity contribution >= 4 is 5.97 Å². The molecule has 94 valence electrons. The van der Waals surface area contributed by atoms with E-state index in [1.165, 1.54) is 7.11 Å². The lowest BCUT2D eigenvalue weighted by molar-refractivity contribution is -0.151. The lowest BCUT2D eigenvalue weighted by Gasteiger charge is -2.41. The molecule has 1 aliphatic rings. The number of nitrogens with one attached hydrogen (secondary N) is 1. The van der Waals surface area contributed by atoms with Gasteiger partial charge >= 0.3 is 5.97 Å². The maximum absolute atomic E-state index is 12.0. The topological polar surface area (TPSA) is 41.6 Å². The molecule has 0 saturated carbocycles. The Labute approximate surface area is 98.3 Å². The fourth-order valence-corrected chi connectivity index (χ4v) is 2.38. The van der Waals surface area contributed by atoms with Crippen molar-refractivity contribution in [2.75, 3.05) is 27.2 Å². The standard InChI is InChI=1S/C12H24N2O2/c1-5-10(2)13-12(11(15)16-4)7-6-8-14(3)9-12/h10,13H,5-9H2,1-4H3. The minimum Gasteiger partial charge on any atom is -0.468 e. The molecule has 0 radical (unpaired) electrons. The number of hydrogen-bond donors (Lipinski definition) is 1. The lowest BCUT2D eigenvalue weighted by atomic mass is 9.88. The molecule has 4 heteroatoms. The van der Waals surface area contributed by atoms with Crippen LogP contribution in [0.3, 0.4) is 0 Å². The van der Waals surface area contributed by atoms with Crippen LogP contribution in [0.2, 0.25) is 0 Å². The number of likely N-dealkylation sites (tertiary alicyclic amines) is 1. The number of nitrogens with zero attached hydrogens (tertiary/aromatic N) is 1. The molecule has 1 rings (SSSR count). The van der Waals surface area contributed by atoms with E-state index in [0.717, 1.165) is 32.4 Å². The molecule has 0 amide bonds. The van der Waals surface area contributed by atoms with Crippen molar-refractivity contribution in [3.8, 4) is 0 Å². The molecule has 0 bridgehead atoms. The van der Waals surface area contributed by atoms with E-state index in [0.29, 0.717) is 6.04 Å². The molecule has 1 fully saturated rings. The van der Waals surface area contributed by atoms with Crippen molar-refractivity contribution < 1.29 is 9.53 Å². The molecule has 0 aromatic heterocycles. The predicted octanol–water partition coefficient (Wildman–Crippen LogP) is 1.01. The van der Waals surface area contributed by atoms with Gasteiger partial charge in [0.25, 0.3) is 0 Å². The second-order valence-corrected chi connectivity index (χ2v) is 4.87. The Morgan fingerprint density at radius 1 is 1.62 bits per heavy atom. The van der Waals surface area contributed by atoms with Gasteiger partial charge in [-0.2, -0.15) is 0 Å². The third-order valence-corrected chi connectivity index (χ3v) is 3.39. The van der Waals surface area contributed by atoms with Crippen LogP contribution in [-0.4, -0.2) is 49.7 Å². The van der Waals surface area contributed by atoms with Gasteiger partial charge in [0.05, 0.1) is 7.11 Å². The molecule has 0 aromatic carbocycles. The molecule has 2 unspecified atom stereocenters. The minimum absolute atomic E-state index is 0.126. The lowest BCUT2D eigenvalue weighted by Crippen LogP contribution is -2.63. The number of carbonyl (C=O) groups is 1. The van der Waals surface area contributed by atoms with Crippen molar-refractivity contribution in [1.82, 2.24) is 10.2 Å². The molecule has 1 N–H and O–H groups in total. The Hall–Kier alpha value is -0.610. The van der Waals surface area contributed by atoms with Crippen LogP contribution in [0.5, 0.6) is 0 Å². The van der Waals surface area contributed by atoms with Gasteiger partial charge in [0.1, 0.15) is 5.54 Å². The number of rotatable bonds is 4. The van der Waals surface area contributed by atoms with Crippen LogP contribution < -0.4 is 5.32 Å². The maximum Gasteiger partial charge on any atom is 0.327 e. The number of piperidine rings is 1. The highest BCUT2D eigenvalue weighted by Gasteiger charge is 2.42. The monoisotopic (exact) mass is 228 g/mol. The molecule has 1 aliphatic heterocycles. The first-order valence-corrected chi connectivity index (χ1v) is 6.08. The summed E-state index contributed by atoms with van der Waals surface area (Å²) >= 11 is 0. The average Bonchev–Trinajstić information content (AvgIpc) is 2.27. The summed E-state index contributed by atoms with van der Waals surface area (Å²) in [6.45, 7) is 6.03. The Bertz CT molecular complexity index is 245. The second kappa shape index (κ2) is 5.64. The highest BCUT2D eigenvalue weighted by molar-refractivity contribution is 5.81. The summed E-state index contributed by atoms with van der Waals surface area (Å²) < 4.78 is 4.96. The van der Waals surface area contributed by atoms with Crippen LogP contribution in [0.25, 0.3) is 0 Å². The third kappa shape index (κ3) is 2.95. The number of carbonyl (C=O) groups excluding carboxylic acids is 1. The zero-order valence-corrected chi connectivity index (χ0v) is 10.9. The van der Waals surface area contributed by atoms with E-state index in [2.05, 4.69) is 31.1 Å². The summed E-state index contributed by atoms with van der Waals surface area (Å²) in [6.07, 6.45) is 2.92. The van der Waals surface area contributed by atoms with Crippen LogP contribution >= 0.6 is 0 Å². The molecule has 0 spiro atoms. The van der Waals surface area contributed by atoms with Crippen LogP contribution in [0.1, 0.15) is 33.1 Å². The number of hydrogen-bond acceptors (Lipinski definition) is 4. The van der Waals surface area contributed by atoms with Crippen molar-refractivity contribution in [1.29, 1.82) is 0 Å². The Morgan fingerprint density at radius 2 is 2.31 bits per heavy atom. The molecular weight excluding hydrogens is 204 g/mol. The van der Waals surface area contributed by atoms with Gasteiger partial charge in [0, 0.05) is 12.6 Å². The molecule has 1 saturated heterocycles. The van der Waals surface area contributed by atoms with Crippen molar-refractivity contribution in [2.24, 2.45) is 0 Å². The van der Waals surface area contributed by atoms with Crippen LogP contribution in [0.15, 0.2) is 0 Å². The molecule has 0 aliphatic carbocycles. The fourth-order valence-electron chi connectivity index (χ4n) is 2.38. The second-order valence-electron chi connectivity index (χ2n) is 4.87. The Balaban J connectivity index is 2.79. The first-order valence-electron chi connectivity index (χ1n) is 6.08. The van der Waals surface area contributed by atoms with Gasteiger partial charge in [-0.05, 0) is 39.8 Å². The predicted molar refractivity (Wildman–Crippen MR) is 64.4 cm³/mol. The van der Waals surface area contributed by atoms with E-state index in [9.17, 15) is 4.79 Å². The van der Waals surface area contributed by atoms with Gasteiger partial charge in [-0.25, -0.2) is 0 Å². The molecule has 0 aromatic rings. The summed E-state index contributed by atoms with van der Waals surface area (Å²) in [4.78, 5) is 14.2. The fraction of sp³-hybridized carbons (Fsp3) is 0.917. The number of methoxy groups -OCH3 is 1. The number of ether oxygens (including phenoxy) is 1. The average molecular weight is 228 g/mol. The Kier molecular flexibility index (Phi) is 4.74. The minimum atomic E-state index is -0.503. The van der Waals surface area contributed by atoms with Crippen molar-refractivity contribution in [3.63, 3.8) is 0 Å². The maximum atomic E-state index is 12.0. The largest absolute Gasteiger partial charge is 0.468 e. The van der Waals surface area contributed by atoms with E-state index in [1.807, 2.05) is 0 Å². The van der Waals surface area contributed by atoms with Crippen LogP contribution in [-0.2, 0) is 9.53 Å². The van der Waals surface area contributed by atoms with Crippen LogP contribution in [0.4, 0.5) is 0 Å². The number of esters is 1. The van der Waals surface area contributed by atoms with Crippen molar-refractivity contribution in [2.45, 2.75) is 44.7 Å². The molecule has 2 atom stereocenters. The quantitative estimate of drug-likeness (QED) is 0.729. The summed E-state index contributed by atoms with van der Waals surface area (Å²) in [6, 6.07) is 0.339. The van der Waals surface area contributed by atoms with Gasteiger partial charge in [-0.15, -0.1) is 0 Å². The molecule has 4 nitrogen and oxygen atoms in total. The normalized spacial score (nSPS) is 28.8.